The molecular weight excluding hydrogens is 312 g/mol. The first kappa shape index (κ1) is 19.3. The normalized spacial score (nSPS) is 12.4. The third kappa shape index (κ3) is 4.36. The van der Waals surface area contributed by atoms with E-state index in [0.717, 1.165) is 22.1 Å². The number of hydrogen-bond donors (Lipinski definition) is 2. The summed E-state index contributed by atoms with van der Waals surface area (Å²) < 4.78 is 5.43. The van der Waals surface area contributed by atoms with E-state index in [1.54, 1.807) is 7.11 Å². The average Bonchev–Trinajstić information content (AvgIpc) is 2.50. The highest BCUT2D eigenvalue weighted by molar-refractivity contribution is 5.89. The second-order valence-electron chi connectivity index (χ2n) is 6.53. The smallest absolute Gasteiger partial charge is 0.237 e. The summed E-state index contributed by atoms with van der Waals surface area (Å²) in [5.41, 5.74) is 6.70. The molecule has 1 amide bonds. The van der Waals surface area contributed by atoms with E-state index in [-0.39, 0.29) is 23.7 Å². The van der Waals surface area contributed by atoms with Crippen LogP contribution in [0, 0.1) is 5.41 Å². The van der Waals surface area contributed by atoms with Crippen LogP contribution in [0.25, 0.3) is 10.8 Å². The maximum absolute atomic E-state index is 12.2. The summed E-state index contributed by atoms with van der Waals surface area (Å²) in [5, 5.41) is 5.12. The molecule has 23 heavy (non-hydrogen) atoms. The van der Waals surface area contributed by atoms with Crippen molar-refractivity contribution in [3.05, 3.63) is 42.0 Å². The van der Waals surface area contributed by atoms with Crippen LogP contribution in [0.5, 0.6) is 5.75 Å². The van der Waals surface area contributed by atoms with Crippen LogP contribution in [0.1, 0.15) is 26.3 Å². The summed E-state index contributed by atoms with van der Waals surface area (Å²) in [6.45, 7) is 6.26. The molecule has 0 aliphatic carbocycles. The lowest BCUT2D eigenvalue weighted by Crippen LogP contribution is -2.48. The van der Waals surface area contributed by atoms with Gasteiger partial charge in [0.2, 0.25) is 5.91 Å². The van der Waals surface area contributed by atoms with E-state index < -0.39 is 6.04 Å². The van der Waals surface area contributed by atoms with Crippen molar-refractivity contribution in [3.8, 4) is 5.75 Å². The number of fused-ring (bicyclic) bond motifs is 1. The van der Waals surface area contributed by atoms with Gasteiger partial charge in [-0.05, 0) is 22.3 Å². The standard InChI is InChI=1S/C18H24N2O2.ClH/c1-18(2,3)16(19)17(21)20-11-14-13-8-6-5-7-12(13)9-10-15(14)22-4;/h5-10,16H,11,19H2,1-4H3,(H,20,21);1H/t16-;/m1./s1. The van der Waals surface area contributed by atoms with Crippen LogP contribution in [-0.4, -0.2) is 19.1 Å². The van der Waals surface area contributed by atoms with Gasteiger partial charge in [0.1, 0.15) is 5.75 Å². The van der Waals surface area contributed by atoms with Gasteiger partial charge in [0.25, 0.3) is 0 Å². The molecule has 0 aromatic heterocycles. The highest BCUT2D eigenvalue weighted by atomic mass is 35.5. The number of nitrogens with two attached hydrogens (primary N) is 1. The number of nitrogens with one attached hydrogen (secondary N) is 1. The van der Waals surface area contributed by atoms with Gasteiger partial charge < -0.3 is 15.8 Å². The molecule has 0 saturated heterocycles. The first-order valence-corrected chi connectivity index (χ1v) is 7.42. The molecule has 1 atom stereocenters. The third-order valence-corrected chi connectivity index (χ3v) is 3.87. The van der Waals surface area contributed by atoms with Crippen molar-refractivity contribution < 1.29 is 9.53 Å². The molecule has 0 bridgehead atoms. The molecule has 2 aromatic carbocycles. The van der Waals surface area contributed by atoms with Crippen molar-refractivity contribution in [1.29, 1.82) is 0 Å². The quantitative estimate of drug-likeness (QED) is 0.900. The van der Waals surface area contributed by atoms with Gasteiger partial charge >= 0.3 is 0 Å². The van der Waals surface area contributed by atoms with Crippen LogP contribution in [0.4, 0.5) is 0 Å². The molecule has 2 rings (SSSR count). The number of halogens is 1. The van der Waals surface area contributed by atoms with Crippen molar-refractivity contribution in [2.45, 2.75) is 33.4 Å². The first-order valence-electron chi connectivity index (χ1n) is 7.42. The van der Waals surface area contributed by atoms with Gasteiger partial charge in [0, 0.05) is 12.1 Å². The maximum atomic E-state index is 12.2. The summed E-state index contributed by atoms with van der Waals surface area (Å²) >= 11 is 0. The molecule has 0 saturated carbocycles. The largest absolute Gasteiger partial charge is 0.496 e. The molecule has 5 heteroatoms. The molecule has 0 unspecified atom stereocenters. The van der Waals surface area contributed by atoms with E-state index in [1.165, 1.54) is 0 Å². The maximum Gasteiger partial charge on any atom is 0.237 e. The van der Waals surface area contributed by atoms with Crippen molar-refractivity contribution in [2.75, 3.05) is 7.11 Å². The fourth-order valence-electron chi connectivity index (χ4n) is 2.37. The van der Waals surface area contributed by atoms with E-state index >= 15 is 0 Å². The zero-order valence-electron chi connectivity index (χ0n) is 14.1. The van der Waals surface area contributed by atoms with E-state index in [1.807, 2.05) is 57.2 Å². The Hall–Kier alpha value is -1.78. The Morgan fingerprint density at radius 1 is 1.22 bits per heavy atom. The highest BCUT2D eigenvalue weighted by Gasteiger charge is 2.27. The topological polar surface area (TPSA) is 64.3 Å². The van der Waals surface area contributed by atoms with Gasteiger partial charge in [-0.2, -0.15) is 0 Å². The second kappa shape index (κ2) is 7.66. The molecule has 126 valence electrons. The summed E-state index contributed by atoms with van der Waals surface area (Å²) in [7, 11) is 1.64. The van der Waals surface area contributed by atoms with Crippen LogP contribution in [-0.2, 0) is 11.3 Å². The SMILES string of the molecule is COc1ccc2ccccc2c1CNC(=O)[C@@H](N)C(C)(C)C.Cl. The number of carbonyl (C=O) groups is 1. The number of amides is 1. The van der Waals surface area contributed by atoms with Crippen molar-refractivity contribution in [3.63, 3.8) is 0 Å². The lowest BCUT2D eigenvalue weighted by atomic mass is 9.87. The Morgan fingerprint density at radius 2 is 1.87 bits per heavy atom. The Balaban J connectivity index is 0.00000264. The van der Waals surface area contributed by atoms with Gasteiger partial charge in [0.15, 0.2) is 0 Å². The summed E-state index contributed by atoms with van der Waals surface area (Å²) in [5.74, 6) is 0.616. The molecular formula is C18H25ClN2O2. The number of carbonyl (C=O) groups excluding carboxylic acids is 1. The van der Waals surface area contributed by atoms with E-state index in [2.05, 4.69) is 5.32 Å². The Bertz CT molecular complexity index is 680. The molecule has 2 aromatic rings. The van der Waals surface area contributed by atoms with Gasteiger partial charge in [0.05, 0.1) is 13.2 Å². The van der Waals surface area contributed by atoms with Crippen molar-refractivity contribution in [1.82, 2.24) is 5.32 Å². The molecule has 4 nitrogen and oxygen atoms in total. The summed E-state index contributed by atoms with van der Waals surface area (Å²) in [6.07, 6.45) is 0. The molecule has 0 aliphatic heterocycles. The van der Waals surface area contributed by atoms with Crippen LogP contribution >= 0.6 is 12.4 Å². The minimum absolute atomic E-state index is 0. The molecule has 0 spiro atoms. The van der Waals surface area contributed by atoms with Crippen LogP contribution in [0.2, 0.25) is 0 Å². The van der Waals surface area contributed by atoms with E-state index in [9.17, 15) is 4.79 Å². The number of ether oxygens (including phenoxy) is 1. The summed E-state index contributed by atoms with van der Waals surface area (Å²) in [6, 6.07) is 11.4. The Kier molecular flexibility index (Phi) is 6.42. The Labute approximate surface area is 143 Å². The molecule has 3 N–H and O–H groups in total. The lowest BCUT2D eigenvalue weighted by Gasteiger charge is -2.26. The van der Waals surface area contributed by atoms with Crippen molar-refractivity contribution >= 4 is 29.1 Å². The third-order valence-electron chi connectivity index (χ3n) is 3.87. The van der Waals surface area contributed by atoms with Crippen LogP contribution in [0.15, 0.2) is 36.4 Å². The molecule has 0 aliphatic rings. The zero-order chi connectivity index (χ0) is 16.3. The predicted molar refractivity (Wildman–Crippen MR) is 97.0 cm³/mol. The van der Waals surface area contributed by atoms with Gasteiger partial charge in [-0.3, -0.25) is 4.79 Å². The monoisotopic (exact) mass is 336 g/mol. The number of benzene rings is 2. The lowest BCUT2D eigenvalue weighted by molar-refractivity contribution is -0.124. The predicted octanol–water partition coefficient (Wildman–Crippen LogP) is 3.26. The van der Waals surface area contributed by atoms with E-state index in [0.29, 0.717) is 6.54 Å². The highest BCUT2D eigenvalue weighted by Crippen LogP contribution is 2.28. The first-order chi connectivity index (χ1) is 10.3. The molecule has 0 heterocycles. The zero-order valence-corrected chi connectivity index (χ0v) is 14.9. The minimum Gasteiger partial charge on any atom is -0.496 e. The fraction of sp³-hybridized carbons (Fsp3) is 0.389. The van der Waals surface area contributed by atoms with Gasteiger partial charge in [-0.1, -0.05) is 51.1 Å². The Morgan fingerprint density at radius 3 is 2.48 bits per heavy atom. The molecule has 0 fully saturated rings. The van der Waals surface area contributed by atoms with Crippen LogP contribution in [0.3, 0.4) is 0 Å². The van der Waals surface area contributed by atoms with Crippen molar-refractivity contribution in [2.24, 2.45) is 11.1 Å². The molecule has 0 radical (unpaired) electrons. The fourth-order valence-corrected chi connectivity index (χ4v) is 2.37. The van der Waals surface area contributed by atoms with Gasteiger partial charge in [-0.25, -0.2) is 0 Å². The average molecular weight is 337 g/mol. The van der Waals surface area contributed by atoms with Crippen LogP contribution < -0.4 is 15.8 Å². The number of hydrogen-bond acceptors (Lipinski definition) is 3. The number of methoxy groups -OCH3 is 1. The summed E-state index contributed by atoms with van der Waals surface area (Å²) in [4.78, 5) is 12.2. The van der Waals surface area contributed by atoms with Gasteiger partial charge in [-0.15, -0.1) is 12.4 Å². The van der Waals surface area contributed by atoms with E-state index in [4.69, 9.17) is 10.5 Å². The number of rotatable bonds is 4. The minimum atomic E-state index is -0.548. The second-order valence-corrected chi connectivity index (χ2v) is 6.53.